The van der Waals surface area contributed by atoms with Crippen molar-refractivity contribution in [3.8, 4) is 0 Å². The molecule has 3 aromatic rings. The summed E-state index contributed by atoms with van der Waals surface area (Å²) in [4.78, 5) is 28.1. The second kappa shape index (κ2) is 6.61. The Bertz CT molecular complexity index is 921. The fourth-order valence-corrected chi connectivity index (χ4v) is 3.73. The van der Waals surface area contributed by atoms with E-state index in [9.17, 15) is 9.59 Å². The lowest BCUT2D eigenvalue weighted by Gasteiger charge is -2.04. The zero-order valence-corrected chi connectivity index (χ0v) is 14.8. The fourth-order valence-electron chi connectivity index (χ4n) is 2.91. The van der Waals surface area contributed by atoms with Crippen molar-refractivity contribution in [3.63, 3.8) is 0 Å². The van der Waals surface area contributed by atoms with Gasteiger partial charge < -0.3 is 10.3 Å². The number of carbonyl (C=O) groups excluding carboxylic acids is 2. The summed E-state index contributed by atoms with van der Waals surface area (Å²) in [6.45, 7) is 6.23. The minimum absolute atomic E-state index is 0.0103. The van der Waals surface area contributed by atoms with Gasteiger partial charge in [0.25, 0.3) is 5.91 Å². The molecule has 5 heteroatoms. The molecule has 2 aromatic heterocycles. The number of Topliss-reactive ketones (excluding diaryl/α,β-unsaturated/α-hetero) is 1. The number of hydrogen-bond donors (Lipinski definition) is 2. The Morgan fingerprint density at radius 2 is 1.88 bits per heavy atom. The predicted molar refractivity (Wildman–Crippen MR) is 98.1 cm³/mol. The summed E-state index contributed by atoms with van der Waals surface area (Å²) in [5, 5.41) is 4.16. The molecule has 0 aliphatic carbocycles. The number of fused-ring (bicyclic) bond motifs is 1. The van der Waals surface area contributed by atoms with Crippen LogP contribution in [0.3, 0.4) is 0 Å². The lowest BCUT2D eigenvalue weighted by Crippen LogP contribution is -2.24. The molecule has 0 aliphatic rings. The largest absolute Gasteiger partial charge is 0.358 e. The van der Waals surface area contributed by atoms with Gasteiger partial charge in [-0.2, -0.15) is 0 Å². The quantitative estimate of drug-likeness (QED) is 0.689. The van der Waals surface area contributed by atoms with Crippen molar-refractivity contribution in [2.45, 2.75) is 27.2 Å². The van der Waals surface area contributed by atoms with Gasteiger partial charge in [0.1, 0.15) is 0 Å². The third-order valence-electron chi connectivity index (χ3n) is 4.20. The summed E-state index contributed by atoms with van der Waals surface area (Å²) in [6.07, 6.45) is 0.770. The molecular weight excluding hydrogens is 320 g/mol. The first-order chi connectivity index (χ1) is 11.5. The molecule has 0 aliphatic heterocycles. The number of benzene rings is 1. The van der Waals surface area contributed by atoms with Gasteiger partial charge in [-0.05, 0) is 50.5 Å². The van der Waals surface area contributed by atoms with Gasteiger partial charge in [0.2, 0.25) is 0 Å². The average molecular weight is 340 g/mol. The van der Waals surface area contributed by atoms with Crippen LogP contribution in [0.1, 0.15) is 43.1 Å². The van der Waals surface area contributed by atoms with Crippen LogP contribution in [-0.4, -0.2) is 23.2 Å². The maximum Gasteiger partial charge on any atom is 0.261 e. The molecule has 24 heavy (non-hydrogen) atoms. The zero-order valence-electron chi connectivity index (χ0n) is 14.0. The summed E-state index contributed by atoms with van der Waals surface area (Å²) in [6, 6.07) is 9.67. The van der Waals surface area contributed by atoms with E-state index in [4.69, 9.17) is 0 Å². The molecule has 124 valence electrons. The number of ketones is 1. The normalized spacial score (nSPS) is 11.0. The number of aromatic amines is 1. The lowest BCUT2D eigenvalue weighted by molar-refractivity contribution is 0.0957. The van der Waals surface area contributed by atoms with Crippen LogP contribution in [0.15, 0.2) is 30.3 Å². The number of aryl methyl sites for hydroxylation is 2. The second-order valence-electron chi connectivity index (χ2n) is 5.95. The van der Waals surface area contributed by atoms with Gasteiger partial charge in [0.15, 0.2) is 5.78 Å². The van der Waals surface area contributed by atoms with Crippen LogP contribution in [0, 0.1) is 13.8 Å². The van der Waals surface area contributed by atoms with E-state index < -0.39 is 0 Å². The number of thiophene rings is 1. The van der Waals surface area contributed by atoms with Gasteiger partial charge in [-0.1, -0.05) is 18.2 Å². The van der Waals surface area contributed by atoms with E-state index >= 15 is 0 Å². The minimum atomic E-state index is -0.124. The molecule has 0 saturated heterocycles. The molecule has 2 heterocycles. The molecule has 1 amide bonds. The number of nitrogens with one attached hydrogen (secondary N) is 2. The van der Waals surface area contributed by atoms with Crippen molar-refractivity contribution >= 4 is 33.9 Å². The van der Waals surface area contributed by atoms with Crippen molar-refractivity contribution in [1.82, 2.24) is 10.3 Å². The summed E-state index contributed by atoms with van der Waals surface area (Å²) < 4.78 is 0. The molecule has 2 N–H and O–H groups in total. The lowest BCUT2D eigenvalue weighted by atomic mass is 10.1. The number of amides is 1. The van der Waals surface area contributed by atoms with Crippen LogP contribution in [0.25, 0.3) is 10.9 Å². The Morgan fingerprint density at radius 1 is 1.12 bits per heavy atom. The van der Waals surface area contributed by atoms with E-state index in [1.54, 1.807) is 12.1 Å². The molecular formula is C19H20N2O2S. The first kappa shape index (κ1) is 16.5. The van der Waals surface area contributed by atoms with E-state index in [0.29, 0.717) is 16.3 Å². The van der Waals surface area contributed by atoms with Crippen LogP contribution in [0.2, 0.25) is 0 Å². The maximum absolute atomic E-state index is 12.2. The number of aromatic nitrogens is 1. The topological polar surface area (TPSA) is 62.0 Å². The Hall–Kier alpha value is -2.40. The van der Waals surface area contributed by atoms with Crippen LogP contribution in [0.4, 0.5) is 0 Å². The molecule has 0 radical (unpaired) electrons. The maximum atomic E-state index is 12.2. The van der Waals surface area contributed by atoms with Crippen molar-refractivity contribution in [2.75, 3.05) is 6.54 Å². The van der Waals surface area contributed by atoms with E-state index in [0.717, 1.165) is 12.1 Å². The van der Waals surface area contributed by atoms with Crippen molar-refractivity contribution in [3.05, 3.63) is 56.9 Å². The average Bonchev–Trinajstić information content (AvgIpc) is 3.14. The van der Waals surface area contributed by atoms with Crippen molar-refractivity contribution in [2.24, 2.45) is 0 Å². The summed E-state index contributed by atoms with van der Waals surface area (Å²) in [5.41, 5.74) is 4.77. The Kier molecular flexibility index (Phi) is 4.53. The molecule has 0 spiro atoms. The third kappa shape index (κ3) is 3.12. The summed E-state index contributed by atoms with van der Waals surface area (Å²) >= 11 is 1.24. The number of para-hydroxylation sites is 1. The SMILES string of the molecule is CC(=O)c1ccc(C(=O)NCCc2c(C)[nH]c3c(C)cccc23)s1. The number of rotatable bonds is 5. The highest BCUT2D eigenvalue weighted by Gasteiger charge is 2.13. The van der Waals surface area contributed by atoms with Gasteiger partial charge in [0, 0.05) is 23.1 Å². The van der Waals surface area contributed by atoms with E-state index in [1.807, 2.05) is 0 Å². The highest BCUT2D eigenvalue weighted by Crippen LogP contribution is 2.25. The monoisotopic (exact) mass is 340 g/mol. The molecule has 0 unspecified atom stereocenters. The molecule has 1 aromatic carbocycles. The standard InChI is InChI=1S/C19H20N2O2S/c1-11-5-4-6-15-14(12(2)21-18(11)15)9-10-20-19(23)17-8-7-16(24-17)13(3)22/h4-8,21H,9-10H2,1-3H3,(H,20,23). The van der Waals surface area contributed by atoms with Crippen LogP contribution in [0.5, 0.6) is 0 Å². The minimum Gasteiger partial charge on any atom is -0.358 e. The van der Waals surface area contributed by atoms with Crippen LogP contribution < -0.4 is 5.32 Å². The van der Waals surface area contributed by atoms with Gasteiger partial charge >= 0.3 is 0 Å². The third-order valence-corrected chi connectivity index (χ3v) is 5.39. The zero-order chi connectivity index (χ0) is 17.3. The van der Waals surface area contributed by atoms with Gasteiger partial charge in [0.05, 0.1) is 9.75 Å². The molecule has 0 atom stereocenters. The fraction of sp³-hybridized carbons (Fsp3) is 0.263. The van der Waals surface area contributed by atoms with E-state index in [1.165, 1.54) is 40.3 Å². The van der Waals surface area contributed by atoms with E-state index in [-0.39, 0.29) is 11.7 Å². The number of hydrogen-bond acceptors (Lipinski definition) is 3. The molecule has 3 rings (SSSR count). The first-order valence-electron chi connectivity index (χ1n) is 7.93. The van der Waals surface area contributed by atoms with Gasteiger partial charge in [-0.3, -0.25) is 9.59 Å². The van der Waals surface area contributed by atoms with Crippen LogP contribution in [-0.2, 0) is 6.42 Å². The molecule has 4 nitrogen and oxygen atoms in total. The summed E-state index contributed by atoms with van der Waals surface area (Å²) in [5.74, 6) is -0.134. The van der Waals surface area contributed by atoms with E-state index in [2.05, 4.69) is 42.3 Å². The molecule has 0 fully saturated rings. The second-order valence-corrected chi connectivity index (χ2v) is 7.04. The van der Waals surface area contributed by atoms with Gasteiger partial charge in [-0.25, -0.2) is 0 Å². The van der Waals surface area contributed by atoms with Crippen LogP contribution >= 0.6 is 11.3 Å². The van der Waals surface area contributed by atoms with Crippen molar-refractivity contribution < 1.29 is 9.59 Å². The molecule has 0 saturated carbocycles. The highest BCUT2D eigenvalue weighted by molar-refractivity contribution is 7.15. The summed E-state index contributed by atoms with van der Waals surface area (Å²) in [7, 11) is 0. The first-order valence-corrected chi connectivity index (χ1v) is 8.74. The molecule has 0 bridgehead atoms. The Morgan fingerprint density at radius 3 is 2.58 bits per heavy atom. The predicted octanol–water partition coefficient (Wildman–Crippen LogP) is 4.02. The Balaban J connectivity index is 1.68. The smallest absolute Gasteiger partial charge is 0.261 e. The van der Waals surface area contributed by atoms with Crippen molar-refractivity contribution in [1.29, 1.82) is 0 Å². The Labute approximate surface area is 144 Å². The highest BCUT2D eigenvalue weighted by atomic mass is 32.1. The number of carbonyl (C=O) groups is 2. The number of H-pyrrole nitrogens is 1. The van der Waals surface area contributed by atoms with Gasteiger partial charge in [-0.15, -0.1) is 11.3 Å².